The molecule has 0 atom stereocenters. The molecule has 0 unspecified atom stereocenters. The minimum absolute atomic E-state index is 0. The molecule has 0 nitrogen and oxygen atoms in total. The Labute approximate surface area is 118 Å². The van der Waals surface area contributed by atoms with Crippen LogP contribution in [-0.4, -0.2) is 6.98 Å². The van der Waals surface area contributed by atoms with Crippen LogP contribution in [0.1, 0.15) is 11.1 Å². The van der Waals surface area contributed by atoms with Gasteiger partial charge >= 0.3 is 58.4 Å². The second-order valence-electron chi connectivity index (χ2n) is 2.88. The molecule has 0 aliphatic carbocycles. The second kappa shape index (κ2) is 4.98. The Kier molecular flexibility index (Phi) is 5.25. The first-order chi connectivity index (χ1) is 5.43. The Bertz CT molecular complexity index is 276. The van der Waals surface area contributed by atoms with Gasteiger partial charge in [0.25, 0.3) is 0 Å². The van der Waals surface area contributed by atoms with E-state index in [4.69, 9.17) is 0 Å². The largest absolute Gasteiger partial charge is 1.00 e. The van der Waals surface area contributed by atoms with Crippen molar-refractivity contribution < 1.29 is 64.3 Å². The van der Waals surface area contributed by atoms with E-state index in [1.165, 1.54) is 26.0 Å². The molecule has 1 aromatic rings. The fourth-order valence-corrected chi connectivity index (χ4v) is 1.34. The van der Waals surface area contributed by atoms with Crippen molar-refractivity contribution in [3.8, 4) is 0 Å². The Balaban J connectivity index is 0.00000144. The molecule has 0 heterocycles. The van der Waals surface area contributed by atoms with Gasteiger partial charge in [0.1, 0.15) is 0 Å². The van der Waals surface area contributed by atoms with Crippen LogP contribution in [0.3, 0.4) is 0 Å². The van der Waals surface area contributed by atoms with Crippen LogP contribution in [0.25, 0.3) is 0 Å². The normalized spacial score (nSPS) is 10.8. The van der Waals surface area contributed by atoms with Crippen LogP contribution in [0.15, 0.2) is 18.2 Å². The maximum Gasteiger partial charge on any atom is 1.00 e. The molecule has 0 saturated carbocycles. The molecule has 13 heavy (non-hydrogen) atoms. The Morgan fingerprint density at radius 2 is 1.38 bits per heavy atom. The van der Waals surface area contributed by atoms with Gasteiger partial charge in [0, 0.05) is 0 Å². The molecule has 0 spiro atoms. The molecule has 1 aromatic carbocycles. The number of hydrogen-bond donors (Lipinski definition) is 0. The van der Waals surface area contributed by atoms with E-state index in [-0.39, 0.29) is 51.4 Å². The molecule has 0 amide bonds. The van der Waals surface area contributed by atoms with Crippen LogP contribution in [0.2, 0.25) is 0 Å². The summed E-state index contributed by atoms with van der Waals surface area (Å²) >= 11 is 0. The maximum absolute atomic E-state index is 12.4. The summed E-state index contributed by atoms with van der Waals surface area (Å²) in [5.41, 5.74) is 0.169. The number of benzene rings is 1. The molecule has 1 rings (SSSR count). The minimum Gasteiger partial charge on any atom is -0.445 e. The Morgan fingerprint density at radius 3 is 1.62 bits per heavy atom. The summed E-state index contributed by atoms with van der Waals surface area (Å²) in [6.45, 7) is -1.89. The summed E-state index contributed by atoms with van der Waals surface area (Å²) in [7, 11) is 0. The van der Waals surface area contributed by atoms with Crippen molar-refractivity contribution >= 4 is 12.4 Å². The van der Waals surface area contributed by atoms with E-state index in [2.05, 4.69) is 0 Å². The Hall–Kier alpha value is 0.711. The first kappa shape index (κ1) is 13.7. The standard InChI is InChI=1S/C8H9BF3.K/c1-6-4-3-5-7(2)8(6)9(10,11)12;/h3-5H,1-2H3;/q-1;+1. The van der Waals surface area contributed by atoms with Crippen LogP contribution in [0, 0.1) is 13.8 Å². The zero-order chi connectivity index (χ0) is 9.35. The van der Waals surface area contributed by atoms with Crippen molar-refractivity contribution in [2.45, 2.75) is 13.8 Å². The van der Waals surface area contributed by atoms with Gasteiger partial charge in [-0.05, 0) is 13.8 Å². The fourth-order valence-electron chi connectivity index (χ4n) is 1.34. The third-order valence-electron chi connectivity index (χ3n) is 1.87. The fraction of sp³-hybridized carbons (Fsp3) is 0.250. The van der Waals surface area contributed by atoms with Gasteiger partial charge in [-0.15, -0.1) is 5.46 Å². The van der Waals surface area contributed by atoms with Crippen molar-refractivity contribution in [1.29, 1.82) is 0 Å². The van der Waals surface area contributed by atoms with Gasteiger partial charge in [-0.2, -0.15) is 0 Å². The Morgan fingerprint density at radius 1 is 1.00 bits per heavy atom. The first-order valence-electron chi connectivity index (χ1n) is 3.69. The monoisotopic (exact) mass is 212 g/mol. The number of rotatable bonds is 1. The van der Waals surface area contributed by atoms with Crippen molar-refractivity contribution in [3.63, 3.8) is 0 Å². The summed E-state index contributed by atoms with van der Waals surface area (Å²) in [6.07, 6.45) is 0. The van der Waals surface area contributed by atoms with E-state index in [9.17, 15) is 12.9 Å². The molecule has 66 valence electrons. The van der Waals surface area contributed by atoms with Crippen LogP contribution in [0.4, 0.5) is 12.9 Å². The average Bonchev–Trinajstić information content (AvgIpc) is 1.82. The molecule has 0 aliphatic heterocycles. The van der Waals surface area contributed by atoms with Gasteiger partial charge in [0.05, 0.1) is 0 Å². The molecule has 0 aromatic heterocycles. The number of hydrogen-bond acceptors (Lipinski definition) is 0. The summed E-state index contributed by atoms with van der Waals surface area (Å²) < 4.78 is 37.1. The molecule has 0 fully saturated rings. The van der Waals surface area contributed by atoms with E-state index >= 15 is 0 Å². The predicted molar refractivity (Wildman–Crippen MR) is 44.6 cm³/mol. The van der Waals surface area contributed by atoms with E-state index in [0.717, 1.165) is 0 Å². The minimum atomic E-state index is -4.85. The molecule has 0 saturated heterocycles. The maximum atomic E-state index is 12.4. The molecule has 5 heteroatoms. The van der Waals surface area contributed by atoms with Crippen molar-refractivity contribution in [2.75, 3.05) is 0 Å². The predicted octanol–water partition coefficient (Wildman–Crippen LogP) is -0.638. The SMILES string of the molecule is Cc1cccc(C)c1[B-](F)(F)F.[K+]. The molecular weight excluding hydrogens is 203 g/mol. The van der Waals surface area contributed by atoms with E-state index in [0.29, 0.717) is 11.1 Å². The smallest absolute Gasteiger partial charge is 0.445 e. The third kappa shape index (κ3) is 3.40. The summed E-state index contributed by atoms with van der Waals surface area (Å²) in [4.78, 5) is 0. The van der Waals surface area contributed by atoms with Gasteiger partial charge in [-0.3, -0.25) is 0 Å². The molecule has 0 bridgehead atoms. The third-order valence-corrected chi connectivity index (χ3v) is 1.87. The average molecular weight is 212 g/mol. The van der Waals surface area contributed by atoms with Crippen LogP contribution in [0.5, 0.6) is 0 Å². The quantitative estimate of drug-likeness (QED) is 0.543. The summed E-state index contributed by atoms with van der Waals surface area (Å²) in [6, 6.07) is 4.60. The molecule has 0 N–H and O–H groups in total. The first-order valence-corrected chi connectivity index (χ1v) is 3.69. The van der Waals surface area contributed by atoms with E-state index < -0.39 is 12.4 Å². The van der Waals surface area contributed by atoms with Gasteiger partial charge in [-0.25, -0.2) is 0 Å². The summed E-state index contributed by atoms with van der Waals surface area (Å²) in [5, 5.41) is 0. The van der Waals surface area contributed by atoms with Crippen LogP contribution < -0.4 is 56.8 Å². The molecule has 0 radical (unpaired) electrons. The van der Waals surface area contributed by atoms with Gasteiger partial charge in [0.2, 0.25) is 0 Å². The van der Waals surface area contributed by atoms with Crippen molar-refractivity contribution in [2.24, 2.45) is 0 Å². The van der Waals surface area contributed by atoms with E-state index in [1.54, 1.807) is 6.07 Å². The summed E-state index contributed by atoms with van der Waals surface area (Å²) in [5.74, 6) is 0. The van der Waals surface area contributed by atoms with Crippen molar-refractivity contribution in [3.05, 3.63) is 29.3 Å². The van der Waals surface area contributed by atoms with Gasteiger partial charge in [0.15, 0.2) is 0 Å². The van der Waals surface area contributed by atoms with Gasteiger partial charge in [-0.1, -0.05) is 29.3 Å². The molecule has 0 aliphatic rings. The topological polar surface area (TPSA) is 0 Å². The molecular formula is C8H9BF3K. The van der Waals surface area contributed by atoms with Crippen LogP contribution in [-0.2, 0) is 0 Å². The second-order valence-corrected chi connectivity index (χ2v) is 2.88. The van der Waals surface area contributed by atoms with Crippen molar-refractivity contribution in [1.82, 2.24) is 0 Å². The van der Waals surface area contributed by atoms with Crippen LogP contribution >= 0.6 is 0 Å². The van der Waals surface area contributed by atoms with E-state index in [1.807, 2.05) is 0 Å². The zero-order valence-electron chi connectivity index (χ0n) is 7.94. The zero-order valence-corrected chi connectivity index (χ0v) is 11.1. The number of halogens is 3. The number of aryl methyl sites for hydroxylation is 2. The van der Waals surface area contributed by atoms with Gasteiger partial charge < -0.3 is 12.9 Å².